The Morgan fingerprint density at radius 2 is 2.39 bits per heavy atom. The van der Waals surface area contributed by atoms with Crippen molar-refractivity contribution >= 4 is 5.97 Å². The maximum absolute atomic E-state index is 13.4. The van der Waals surface area contributed by atoms with Crippen LogP contribution in [-0.4, -0.2) is 19.1 Å². The fourth-order valence-electron chi connectivity index (χ4n) is 1.18. The van der Waals surface area contributed by atoms with Crippen molar-refractivity contribution in [2.75, 3.05) is 13.2 Å². The van der Waals surface area contributed by atoms with Crippen molar-refractivity contribution in [3.05, 3.63) is 45.6 Å². The highest BCUT2D eigenvalue weighted by molar-refractivity contribution is 5.90. The third-order valence-corrected chi connectivity index (χ3v) is 1.91. The second-order valence-corrected chi connectivity index (χ2v) is 3.11. The molecule has 0 N–H and O–H groups in total. The summed E-state index contributed by atoms with van der Waals surface area (Å²) in [5, 5.41) is 3.23. The Morgan fingerprint density at radius 1 is 1.61 bits per heavy atom. The van der Waals surface area contributed by atoms with Crippen LogP contribution in [0.4, 0.5) is 4.39 Å². The molecule has 0 aliphatic carbocycles. The van der Waals surface area contributed by atoms with Gasteiger partial charge < -0.3 is 4.74 Å². The molecule has 0 heterocycles. The third-order valence-electron chi connectivity index (χ3n) is 1.91. The highest BCUT2D eigenvalue weighted by Crippen LogP contribution is 2.11. The molecule has 0 saturated heterocycles. The Morgan fingerprint density at radius 3 is 3.06 bits per heavy atom. The second-order valence-electron chi connectivity index (χ2n) is 3.11. The number of halogens is 1. The first kappa shape index (κ1) is 13.6. The van der Waals surface area contributed by atoms with Gasteiger partial charge in [-0.15, -0.1) is 0 Å². The average molecular weight is 247 g/mol. The van der Waals surface area contributed by atoms with Gasteiger partial charge in [0.25, 0.3) is 0 Å². The van der Waals surface area contributed by atoms with Gasteiger partial charge >= 0.3 is 5.97 Å². The summed E-state index contributed by atoms with van der Waals surface area (Å²) in [6.07, 6.45) is 0. The van der Waals surface area contributed by atoms with Crippen LogP contribution >= 0.6 is 0 Å². The van der Waals surface area contributed by atoms with Crippen molar-refractivity contribution in [3.8, 4) is 11.8 Å². The first-order chi connectivity index (χ1) is 8.69. The lowest BCUT2D eigenvalue weighted by molar-refractivity contribution is 0.0521. The van der Waals surface area contributed by atoms with Crippen molar-refractivity contribution in [2.24, 2.45) is 5.11 Å². The van der Waals surface area contributed by atoms with Crippen molar-refractivity contribution in [1.82, 2.24) is 0 Å². The van der Waals surface area contributed by atoms with Crippen molar-refractivity contribution < 1.29 is 13.9 Å². The van der Waals surface area contributed by atoms with Gasteiger partial charge in [-0.25, -0.2) is 9.18 Å². The number of rotatable bonds is 3. The van der Waals surface area contributed by atoms with Gasteiger partial charge in [-0.2, -0.15) is 0 Å². The summed E-state index contributed by atoms with van der Waals surface area (Å²) in [7, 11) is 0. The van der Waals surface area contributed by atoms with E-state index in [1.54, 1.807) is 6.92 Å². The van der Waals surface area contributed by atoms with Crippen LogP contribution in [0.25, 0.3) is 10.4 Å². The van der Waals surface area contributed by atoms with Gasteiger partial charge in [0.15, 0.2) is 0 Å². The molecule has 0 radical (unpaired) electrons. The molecule has 1 aromatic carbocycles. The monoisotopic (exact) mass is 247 g/mol. The molecule has 0 spiro atoms. The Labute approximate surface area is 103 Å². The smallest absolute Gasteiger partial charge is 0.341 e. The number of carbonyl (C=O) groups is 1. The fourth-order valence-corrected chi connectivity index (χ4v) is 1.18. The van der Waals surface area contributed by atoms with E-state index in [4.69, 9.17) is 10.3 Å². The van der Waals surface area contributed by atoms with E-state index < -0.39 is 11.8 Å². The molecule has 1 aromatic rings. The topological polar surface area (TPSA) is 75.1 Å². The number of ether oxygens (including phenoxy) is 1. The largest absolute Gasteiger partial charge is 0.462 e. The molecule has 18 heavy (non-hydrogen) atoms. The van der Waals surface area contributed by atoms with Crippen molar-refractivity contribution in [1.29, 1.82) is 0 Å². The first-order valence-electron chi connectivity index (χ1n) is 5.15. The van der Waals surface area contributed by atoms with Gasteiger partial charge in [0.1, 0.15) is 5.82 Å². The SMILES string of the molecule is CCOC(=O)c1cc(C#CCN=[N+]=[N-])ccc1F. The number of hydrogen-bond acceptors (Lipinski definition) is 3. The Hall–Kier alpha value is -2.51. The van der Waals surface area contributed by atoms with Gasteiger partial charge in [0.05, 0.1) is 18.7 Å². The summed E-state index contributed by atoms with van der Waals surface area (Å²) >= 11 is 0. The lowest BCUT2D eigenvalue weighted by atomic mass is 10.1. The van der Waals surface area contributed by atoms with E-state index >= 15 is 0 Å². The quantitative estimate of drug-likeness (QED) is 0.271. The minimum absolute atomic E-state index is 0.0165. The van der Waals surface area contributed by atoms with Crippen molar-refractivity contribution in [2.45, 2.75) is 6.92 Å². The Balaban J connectivity index is 2.95. The minimum Gasteiger partial charge on any atom is -0.462 e. The van der Waals surface area contributed by atoms with E-state index in [2.05, 4.69) is 21.9 Å². The third kappa shape index (κ3) is 3.81. The van der Waals surface area contributed by atoms with Gasteiger partial charge in [-0.3, -0.25) is 0 Å². The zero-order chi connectivity index (χ0) is 13.4. The molecule has 0 fully saturated rings. The van der Waals surface area contributed by atoms with Gasteiger partial charge in [-0.05, 0) is 30.7 Å². The molecular weight excluding hydrogens is 237 g/mol. The van der Waals surface area contributed by atoms with Crippen LogP contribution in [0.15, 0.2) is 23.3 Å². The van der Waals surface area contributed by atoms with E-state index in [-0.39, 0.29) is 18.7 Å². The van der Waals surface area contributed by atoms with Crippen LogP contribution in [0.3, 0.4) is 0 Å². The van der Waals surface area contributed by atoms with E-state index in [1.807, 2.05) is 0 Å². The lowest BCUT2D eigenvalue weighted by Crippen LogP contribution is -2.07. The highest BCUT2D eigenvalue weighted by Gasteiger charge is 2.12. The molecule has 0 bridgehead atoms. The zero-order valence-electron chi connectivity index (χ0n) is 9.68. The number of esters is 1. The molecule has 0 unspecified atom stereocenters. The van der Waals surface area contributed by atoms with Crippen LogP contribution in [0.1, 0.15) is 22.8 Å². The summed E-state index contributed by atoms with van der Waals surface area (Å²) in [6, 6.07) is 3.88. The lowest BCUT2D eigenvalue weighted by Gasteiger charge is -2.03. The van der Waals surface area contributed by atoms with Crippen molar-refractivity contribution in [3.63, 3.8) is 0 Å². The number of hydrogen-bond donors (Lipinski definition) is 0. The predicted octanol–water partition coefficient (Wildman–Crippen LogP) is 2.66. The molecule has 1 rings (SSSR count). The van der Waals surface area contributed by atoms with Gasteiger partial charge in [0.2, 0.25) is 0 Å². The van der Waals surface area contributed by atoms with Crippen LogP contribution in [0.5, 0.6) is 0 Å². The maximum atomic E-state index is 13.4. The summed E-state index contributed by atoms with van der Waals surface area (Å²) in [6.45, 7) is 1.83. The average Bonchev–Trinajstić information content (AvgIpc) is 2.36. The molecule has 5 nitrogen and oxygen atoms in total. The molecule has 0 atom stereocenters. The minimum atomic E-state index is -0.728. The standard InChI is InChI=1S/C12H10FN3O2/c1-2-18-12(17)10-8-9(5-6-11(10)13)4-3-7-15-16-14/h5-6,8H,2,7H2,1H3. The summed E-state index contributed by atoms with van der Waals surface area (Å²) < 4.78 is 18.1. The summed E-state index contributed by atoms with van der Waals surface area (Å²) in [4.78, 5) is 14.0. The molecular formula is C12H10FN3O2. The molecule has 0 aliphatic rings. The van der Waals surface area contributed by atoms with E-state index in [0.717, 1.165) is 6.07 Å². The predicted molar refractivity (Wildman–Crippen MR) is 63.2 cm³/mol. The van der Waals surface area contributed by atoms with Crippen LogP contribution in [0.2, 0.25) is 0 Å². The molecule has 92 valence electrons. The molecule has 0 aromatic heterocycles. The number of nitrogens with zero attached hydrogens (tertiary/aromatic N) is 3. The fraction of sp³-hybridized carbons (Fsp3) is 0.250. The summed E-state index contributed by atoms with van der Waals surface area (Å²) in [5.74, 6) is 3.84. The Kier molecular flexibility index (Phi) is 5.23. The number of benzene rings is 1. The molecule has 0 amide bonds. The van der Waals surface area contributed by atoms with E-state index in [9.17, 15) is 9.18 Å². The second kappa shape index (κ2) is 6.94. The van der Waals surface area contributed by atoms with Crippen LogP contribution < -0.4 is 0 Å². The molecule has 0 aliphatic heterocycles. The Bertz CT molecular complexity index is 554. The number of carbonyl (C=O) groups excluding carboxylic acids is 1. The van der Waals surface area contributed by atoms with Gasteiger partial charge in [0, 0.05) is 10.5 Å². The normalized spacial score (nSPS) is 8.78. The van der Waals surface area contributed by atoms with Gasteiger partial charge in [-0.1, -0.05) is 17.0 Å². The van der Waals surface area contributed by atoms with E-state index in [0.29, 0.717) is 5.56 Å². The first-order valence-corrected chi connectivity index (χ1v) is 5.15. The number of azide groups is 1. The maximum Gasteiger partial charge on any atom is 0.341 e. The molecule has 6 heteroatoms. The highest BCUT2D eigenvalue weighted by atomic mass is 19.1. The van der Waals surface area contributed by atoms with E-state index in [1.165, 1.54) is 12.1 Å². The summed E-state index contributed by atoms with van der Waals surface area (Å²) in [5.41, 5.74) is 8.35. The van der Waals surface area contributed by atoms with Crippen LogP contribution in [-0.2, 0) is 4.74 Å². The zero-order valence-corrected chi connectivity index (χ0v) is 9.68. The molecule has 0 saturated carbocycles. The van der Waals surface area contributed by atoms with Crippen LogP contribution in [0, 0.1) is 17.7 Å².